The minimum atomic E-state index is -1.05. The van der Waals surface area contributed by atoms with Gasteiger partial charge in [-0.2, -0.15) is 0 Å². The molecule has 2 rings (SSSR count). The van der Waals surface area contributed by atoms with Crippen LogP contribution in [0.25, 0.3) is 0 Å². The SMILES string of the molecule is C#CCN(CC(=O)O)C(=O)N1CCC(N2CCOCC2)C1. The van der Waals surface area contributed by atoms with Crippen molar-refractivity contribution in [1.29, 1.82) is 0 Å². The Balaban J connectivity index is 1.90. The quantitative estimate of drug-likeness (QED) is 0.710. The Morgan fingerprint density at radius 1 is 1.33 bits per heavy atom. The van der Waals surface area contributed by atoms with Crippen molar-refractivity contribution in [3.05, 3.63) is 0 Å². The van der Waals surface area contributed by atoms with Crippen molar-refractivity contribution < 1.29 is 19.4 Å². The van der Waals surface area contributed by atoms with Crippen LogP contribution in [0.1, 0.15) is 6.42 Å². The Morgan fingerprint density at radius 2 is 2.05 bits per heavy atom. The number of carbonyl (C=O) groups excluding carboxylic acids is 1. The molecule has 2 amide bonds. The van der Waals surface area contributed by atoms with Crippen LogP contribution in [0.5, 0.6) is 0 Å². The number of carbonyl (C=O) groups is 2. The van der Waals surface area contributed by atoms with Gasteiger partial charge in [0.1, 0.15) is 6.54 Å². The van der Waals surface area contributed by atoms with Gasteiger partial charge in [0.15, 0.2) is 0 Å². The molecule has 1 N–H and O–H groups in total. The van der Waals surface area contributed by atoms with Gasteiger partial charge in [-0.3, -0.25) is 9.69 Å². The number of terminal acetylenes is 1. The summed E-state index contributed by atoms with van der Waals surface area (Å²) >= 11 is 0. The van der Waals surface area contributed by atoms with Crippen molar-refractivity contribution in [2.45, 2.75) is 12.5 Å². The lowest BCUT2D eigenvalue weighted by Crippen LogP contribution is -2.48. The second-order valence-corrected chi connectivity index (χ2v) is 5.27. The standard InChI is InChI=1S/C14H21N3O4/c1-2-4-16(11-13(18)19)14(20)17-5-3-12(10-17)15-6-8-21-9-7-15/h1,12H,3-11H2,(H,18,19). The molecule has 2 fully saturated rings. The molecule has 116 valence electrons. The average Bonchev–Trinajstić information content (AvgIpc) is 2.96. The van der Waals surface area contributed by atoms with Gasteiger partial charge in [-0.25, -0.2) is 4.79 Å². The Labute approximate surface area is 124 Å². The second kappa shape index (κ2) is 7.29. The van der Waals surface area contributed by atoms with Gasteiger partial charge in [0, 0.05) is 32.2 Å². The van der Waals surface area contributed by atoms with Crippen molar-refractivity contribution in [3.8, 4) is 12.3 Å². The summed E-state index contributed by atoms with van der Waals surface area (Å²) in [6.45, 7) is 4.15. The summed E-state index contributed by atoms with van der Waals surface area (Å²) in [7, 11) is 0. The van der Waals surface area contributed by atoms with Gasteiger partial charge in [0.25, 0.3) is 0 Å². The zero-order chi connectivity index (χ0) is 15.2. The Kier molecular flexibility index (Phi) is 5.42. The maximum absolute atomic E-state index is 12.3. The summed E-state index contributed by atoms with van der Waals surface area (Å²) in [5, 5.41) is 8.85. The number of hydrogen-bond donors (Lipinski definition) is 1. The minimum Gasteiger partial charge on any atom is -0.480 e. The molecule has 0 aromatic rings. The fraction of sp³-hybridized carbons (Fsp3) is 0.714. The summed E-state index contributed by atoms with van der Waals surface area (Å²) in [4.78, 5) is 28.4. The number of ether oxygens (including phenoxy) is 1. The van der Waals surface area contributed by atoms with E-state index < -0.39 is 5.97 Å². The molecule has 2 aliphatic rings. The maximum atomic E-state index is 12.3. The predicted molar refractivity (Wildman–Crippen MR) is 75.8 cm³/mol. The number of carboxylic acid groups (broad SMARTS) is 1. The summed E-state index contributed by atoms with van der Waals surface area (Å²) in [5.74, 6) is 1.29. The van der Waals surface area contributed by atoms with E-state index in [9.17, 15) is 9.59 Å². The normalized spacial score (nSPS) is 22.8. The van der Waals surface area contributed by atoms with E-state index in [-0.39, 0.29) is 19.1 Å². The van der Waals surface area contributed by atoms with E-state index in [1.807, 2.05) is 0 Å². The number of hydrogen-bond acceptors (Lipinski definition) is 4. The van der Waals surface area contributed by atoms with E-state index in [4.69, 9.17) is 16.3 Å². The third kappa shape index (κ3) is 4.09. The predicted octanol–water partition coefficient (Wildman–Crippen LogP) is -0.467. The maximum Gasteiger partial charge on any atom is 0.323 e. The third-order valence-electron chi connectivity index (χ3n) is 3.87. The highest BCUT2D eigenvalue weighted by Gasteiger charge is 2.33. The molecular formula is C14H21N3O4. The lowest BCUT2D eigenvalue weighted by Gasteiger charge is -2.32. The van der Waals surface area contributed by atoms with Crippen LogP contribution in [0.15, 0.2) is 0 Å². The summed E-state index contributed by atoms with van der Waals surface area (Å²) in [6, 6.07) is 0.0430. The van der Waals surface area contributed by atoms with Gasteiger partial charge in [0.2, 0.25) is 0 Å². The summed E-state index contributed by atoms with van der Waals surface area (Å²) in [5.41, 5.74) is 0. The number of nitrogens with zero attached hydrogens (tertiary/aromatic N) is 3. The molecule has 0 bridgehead atoms. The van der Waals surface area contributed by atoms with Crippen LogP contribution in [0, 0.1) is 12.3 Å². The molecule has 0 radical (unpaired) electrons. The molecule has 21 heavy (non-hydrogen) atoms. The number of likely N-dealkylation sites (tertiary alicyclic amines) is 1. The smallest absolute Gasteiger partial charge is 0.323 e. The number of carboxylic acids is 1. The lowest BCUT2D eigenvalue weighted by molar-refractivity contribution is -0.137. The van der Waals surface area contributed by atoms with E-state index in [0.29, 0.717) is 19.1 Å². The topological polar surface area (TPSA) is 73.3 Å². The fourth-order valence-electron chi connectivity index (χ4n) is 2.82. The van der Waals surface area contributed by atoms with Crippen LogP contribution in [0.2, 0.25) is 0 Å². The van der Waals surface area contributed by atoms with Gasteiger partial charge in [-0.1, -0.05) is 5.92 Å². The Hall–Kier alpha value is -1.78. The van der Waals surface area contributed by atoms with Crippen LogP contribution in [0.4, 0.5) is 4.79 Å². The monoisotopic (exact) mass is 295 g/mol. The first-order valence-corrected chi connectivity index (χ1v) is 7.12. The molecule has 0 saturated carbocycles. The van der Waals surface area contributed by atoms with E-state index in [0.717, 1.165) is 32.7 Å². The van der Waals surface area contributed by atoms with Gasteiger partial charge in [-0.05, 0) is 6.42 Å². The zero-order valence-electron chi connectivity index (χ0n) is 12.0. The first-order chi connectivity index (χ1) is 10.1. The molecule has 0 aromatic heterocycles. The Morgan fingerprint density at radius 3 is 2.67 bits per heavy atom. The highest BCUT2D eigenvalue weighted by Crippen LogP contribution is 2.18. The van der Waals surface area contributed by atoms with Crippen molar-refractivity contribution >= 4 is 12.0 Å². The van der Waals surface area contributed by atoms with Crippen molar-refractivity contribution in [2.24, 2.45) is 0 Å². The zero-order valence-corrected chi connectivity index (χ0v) is 12.0. The van der Waals surface area contributed by atoms with Crippen LogP contribution in [-0.4, -0.2) is 90.3 Å². The number of urea groups is 1. The van der Waals surface area contributed by atoms with Crippen LogP contribution in [0.3, 0.4) is 0 Å². The van der Waals surface area contributed by atoms with Gasteiger partial charge in [0.05, 0.1) is 19.8 Å². The second-order valence-electron chi connectivity index (χ2n) is 5.27. The molecule has 1 unspecified atom stereocenters. The number of aliphatic carboxylic acids is 1. The van der Waals surface area contributed by atoms with E-state index in [1.54, 1.807) is 4.90 Å². The molecule has 1 atom stereocenters. The van der Waals surface area contributed by atoms with Crippen LogP contribution in [-0.2, 0) is 9.53 Å². The highest BCUT2D eigenvalue weighted by molar-refractivity contribution is 5.80. The minimum absolute atomic E-state index is 0.0177. The van der Waals surface area contributed by atoms with Gasteiger partial charge >= 0.3 is 12.0 Å². The first kappa shape index (κ1) is 15.6. The molecule has 0 aliphatic carbocycles. The highest BCUT2D eigenvalue weighted by atomic mass is 16.5. The lowest BCUT2D eigenvalue weighted by atomic mass is 10.2. The van der Waals surface area contributed by atoms with Crippen molar-refractivity contribution in [2.75, 3.05) is 52.5 Å². The number of rotatable bonds is 4. The molecule has 0 aromatic carbocycles. The van der Waals surface area contributed by atoms with E-state index in [1.165, 1.54) is 4.90 Å². The molecule has 7 heteroatoms. The van der Waals surface area contributed by atoms with Crippen molar-refractivity contribution in [3.63, 3.8) is 0 Å². The molecule has 2 heterocycles. The molecule has 7 nitrogen and oxygen atoms in total. The molecule has 2 saturated heterocycles. The molecule has 0 spiro atoms. The first-order valence-electron chi connectivity index (χ1n) is 7.12. The van der Waals surface area contributed by atoms with Gasteiger partial charge in [-0.15, -0.1) is 6.42 Å². The number of amides is 2. The van der Waals surface area contributed by atoms with Crippen molar-refractivity contribution in [1.82, 2.24) is 14.7 Å². The number of morpholine rings is 1. The fourth-order valence-corrected chi connectivity index (χ4v) is 2.82. The van der Waals surface area contributed by atoms with E-state index in [2.05, 4.69) is 10.8 Å². The largest absolute Gasteiger partial charge is 0.480 e. The van der Waals surface area contributed by atoms with Crippen LogP contribution >= 0.6 is 0 Å². The molecule has 2 aliphatic heterocycles. The average molecular weight is 295 g/mol. The van der Waals surface area contributed by atoms with Crippen LogP contribution < -0.4 is 0 Å². The molecular weight excluding hydrogens is 274 g/mol. The Bertz CT molecular complexity index is 428. The third-order valence-corrected chi connectivity index (χ3v) is 3.87. The summed E-state index contributed by atoms with van der Waals surface area (Å²) in [6.07, 6.45) is 6.11. The van der Waals surface area contributed by atoms with E-state index >= 15 is 0 Å². The van der Waals surface area contributed by atoms with Gasteiger partial charge < -0.3 is 19.6 Å². The summed E-state index contributed by atoms with van der Waals surface area (Å²) < 4.78 is 5.33.